The van der Waals surface area contributed by atoms with Gasteiger partial charge >= 0.3 is 6.36 Å². The van der Waals surface area contributed by atoms with Gasteiger partial charge in [-0.1, -0.05) is 11.6 Å². The molecular formula is C13H9ClF3NOS. The summed E-state index contributed by atoms with van der Waals surface area (Å²) in [5.41, 5.74) is 1.63. The smallest absolute Gasteiger partial charge is 0.406 e. The number of nitrogens with one attached hydrogen (secondary N) is 1. The molecule has 20 heavy (non-hydrogen) atoms. The van der Waals surface area contributed by atoms with Gasteiger partial charge in [0, 0.05) is 10.6 Å². The lowest BCUT2D eigenvalue weighted by atomic mass is 10.1. The Hall–Kier alpha value is -1.40. The van der Waals surface area contributed by atoms with Crippen LogP contribution in [-0.4, -0.2) is 6.36 Å². The van der Waals surface area contributed by atoms with Gasteiger partial charge in [0.1, 0.15) is 5.75 Å². The van der Waals surface area contributed by atoms with Crippen molar-refractivity contribution in [2.24, 2.45) is 0 Å². The second-order valence-electron chi connectivity index (χ2n) is 4.41. The molecule has 0 spiro atoms. The van der Waals surface area contributed by atoms with E-state index in [1.54, 1.807) is 6.07 Å². The van der Waals surface area contributed by atoms with Gasteiger partial charge < -0.3 is 10.1 Å². The number of benzene rings is 1. The molecule has 106 valence electrons. The molecule has 2 heterocycles. The van der Waals surface area contributed by atoms with E-state index >= 15 is 0 Å². The van der Waals surface area contributed by atoms with E-state index in [1.807, 2.05) is 12.1 Å². The van der Waals surface area contributed by atoms with E-state index in [9.17, 15) is 13.2 Å². The molecule has 1 aliphatic rings. The summed E-state index contributed by atoms with van der Waals surface area (Å²) in [6.07, 6.45) is -4.05. The van der Waals surface area contributed by atoms with Crippen molar-refractivity contribution in [3.05, 3.63) is 45.1 Å². The Labute approximate surface area is 122 Å². The summed E-state index contributed by atoms with van der Waals surface area (Å²) in [5, 5.41) is 3.27. The van der Waals surface area contributed by atoms with Crippen LogP contribution in [0.1, 0.15) is 16.5 Å². The number of hydrogen-bond donors (Lipinski definition) is 1. The molecule has 1 atom stereocenters. The highest BCUT2D eigenvalue weighted by molar-refractivity contribution is 7.16. The third-order valence-electron chi connectivity index (χ3n) is 3.00. The van der Waals surface area contributed by atoms with Crippen molar-refractivity contribution in [3.8, 4) is 5.75 Å². The first-order valence-corrected chi connectivity index (χ1v) is 7.00. The number of hydrogen-bond acceptors (Lipinski definition) is 3. The standard InChI is InChI=1S/C13H9ClF3NOS/c14-12-4-3-11(20-12)10-6-7-5-8(19-13(15,16)17)1-2-9(7)18-10/h1-5,10,18H,6H2. The summed E-state index contributed by atoms with van der Waals surface area (Å²) in [4.78, 5) is 1.06. The van der Waals surface area contributed by atoms with Crippen molar-refractivity contribution in [2.45, 2.75) is 18.8 Å². The molecule has 0 fully saturated rings. The van der Waals surface area contributed by atoms with Crippen LogP contribution < -0.4 is 10.1 Å². The highest BCUT2D eigenvalue weighted by atomic mass is 35.5. The largest absolute Gasteiger partial charge is 0.573 e. The van der Waals surface area contributed by atoms with Gasteiger partial charge in [-0.15, -0.1) is 24.5 Å². The summed E-state index contributed by atoms with van der Waals surface area (Å²) in [6, 6.07) is 8.11. The van der Waals surface area contributed by atoms with Crippen LogP contribution in [0.3, 0.4) is 0 Å². The van der Waals surface area contributed by atoms with Gasteiger partial charge in [-0.3, -0.25) is 0 Å². The van der Waals surface area contributed by atoms with Crippen LogP contribution >= 0.6 is 22.9 Å². The minimum atomic E-state index is -4.67. The van der Waals surface area contributed by atoms with Crippen LogP contribution in [0, 0.1) is 0 Å². The maximum Gasteiger partial charge on any atom is 0.573 e. The third-order valence-corrected chi connectivity index (χ3v) is 4.35. The molecule has 1 aromatic carbocycles. The van der Waals surface area contributed by atoms with E-state index in [1.165, 1.54) is 23.5 Å². The maximum absolute atomic E-state index is 12.2. The van der Waals surface area contributed by atoms with Gasteiger partial charge in [-0.05, 0) is 42.3 Å². The van der Waals surface area contributed by atoms with E-state index in [-0.39, 0.29) is 11.8 Å². The lowest BCUT2D eigenvalue weighted by Crippen LogP contribution is -2.17. The summed E-state index contributed by atoms with van der Waals surface area (Å²) in [6.45, 7) is 0. The number of rotatable bonds is 2. The second kappa shape index (κ2) is 4.86. The normalized spacial score (nSPS) is 17.7. The molecule has 1 N–H and O–H groups in total. The highest BCUT2D eigenvalue weighted by Crippen LogP contribution is 2.39. The summed E-state index contributed by atoms with van der Waals surface area (Å²) >= 11 is 7.36. The van der Waals surface area contributed by atoms with Crippen molar-refractivity contribution >= 4 is 28.6 Å². The first-order chi connectivity index (χ1) is 9.40. The monoisotopic (exact) mass is 319 g/mol. The second-order valence-corrected chi connectivity index (χ2v) is 6.16. The van der Waals surface area contributed by atoms with Crippen molar-refractivity contribution < 1.29 is 17.9 Å². The van der Waals surface area contributed by atoms with Crippen LogP contribution in [0.2, 0.25) is 4.34 Å². The maximum atomic E-state index is 12.2. The van der Waals surface area contributed by atoms with Gasteiger partial charge in [0.05, 0.1) is 10.4 Å². The van der Waals surface area contributed by atoms with Crippen LogP contribution in [0.4, 0.5) is 18.9 Å². The summed E-state index contributed by atoms with van der Waals surface area (Å²) in [5.74, 6) is -0.192. The molecule has 7 heteroatoms. The number of halogens is 4. The zero-order chi connectivity index (χ0) is 14.3. The van der Waals surface area contributed by atoms with Crippen LogP contribution in [0.25, 0.3) is 0 Å². The third kappa shape index (κ3) is 2.86. The zero-order valence-corrected chi connectivity index (χ0v) is 11.6. The van der Waals surface area contributed by atoms with Crippen LogP contribution in [0.15, 0.2) is 30.3 Å². The Bertz CT molecular complexity index is 641. The van der Waals surface area contributed by atoms with E-state index < -0.39 is 6.36 Å². The molecule has 1 aliphatic heterocycles. The Morgan fingerprint density at radius 3 is 2.70 bits per heavy atom. The predicted octanol–water partition coefficient (Wildman–Crippen LogP) is 5.01. The molecule has 0 radical (unpaired) electrons. The Kier molecular flexibility index (Phi) is 3.30. The lowest BCUT2D eigenvalue weighted by Gasteiger charge is -2.09. The molecule has 2 aromatic rings. The van der Waals surface area contributed by atoms with E-state index in [4.69, 9.17) is 11.6 Å². The van der Waals surface area contributed by atoms with Crippen LogP contribution in [0.5, 0.6) is 5.75 Å². The molecule has 1 aromatic heterocycles. The van der Waals surface area contributed by atoms with Crippen molar-refractivity contribution in [2.75, 3.05) is 5.32 Å². The summed E-state index contributed by atoms with van der Waals surface area (Å²) in [7, 11) is 0. The Morgan fingerprint density at radius 1 is 1.25 bits per heavy atom. The highest BCUT2D eigenvalue weighted by Gasteiger charge is 2.32. The van der Waals surface area contributed by atoms with Gasteiger partial charge in [-0.2, -0.15) is 0 Å². The first kappa shape index (κ1) is 13.6. The number of thiophene rings is 1. The molecular weight excluding hydrogens is 311 g/mol. The number of anilines is 1. The van der Waals surface area contributed by atoms with E-state index in [2.05, 4.69) is 10.1 Å². The average Bonchev–Trinajstić information content (AvgIpc) is 2.92. The van der Waals surface area contributed by atoms with Crippen molar-refractivity contribution in [1.29, 1.82) is 0 Å². The van der Waals surface area contributed by atoms with Crippen LogP contribution in [-0.2, 0) is 6.42 Å². The SMILES string of the molecule is FC(F)(F)Oc1ccc2c(c1)CC(c1ccc(Cl)s1)N2. The molecule has 0 bridgehead atoms. The quantitative estimate of drug-likeness (QED) is 0.840. The average molecular weight is 320 g/mol. The van der Waals surface area contributed by atoms with Gasteiger partial charge in [0.15, 0.2) is 0 Å². The van der Waals surface area contributed by atoms with Gasteiger partial charge in [0.25, 0.3) is 0 Å². The van der Waals surface area contributed by atoms with E-state index in [0.29, 0.717) is 10.8 Å². The minimum Gasteiger partial charge on any atom is -0.406 e. The molecule has 0 aliphatic carbocycles. The topological polar surface area (TPSA) is 21.3 Å². The molecule has 0 saturated carbocycles. The molecule has 1 unspecified atom stereocenters. The zero-order valence-electron chi connectivity index (χ0n) is 10.00. The van der Waals surface area contributed by atoms with Crippen molar-refractivity contribution in [1.82, 2.24) is 0 Å². The van der Waals surface area contributed by atoms with Gasteiger partial charge in [-0.25, -0.2) is 0 Å². The number of fused-ring (bicyclic) bond motifs is 1. The fourth-order valence-electron chi connectivity index (χ4n) is 2.22. The van der Waals surface area contributed by atoms with Crippen molar-refractivity contribution in [3.63, 3.8) is 0 Å². The fraction of sp³-hybridized carbons (Fsp3) is 0.231. The molecule has 0 amide bonds. The Morgan fingerprint density at radius 2 is 2.05 bits per heavy atom. The number of ether oxygens (including phenoxy) is 1. The first-order valence-electron chi connectivity index (χ1n) is 5.81. The Balaban J connectivity index is 1.80. The molecule has 2 nitrogen and oxygen atoms in total. The number of alkyl halides is 3. The lowest BCUT2D eigenvalue weighted by molar-refractivity contribution is -0.274. The predicted molar refractivity (Wildman–Crippen MR) is 72.5 cm³/mol. The summed E-state index contributed by atoms with van der Waals surface area (Å²) < 4.78 is 41.2. The fourth-order valence-corrected chi connectivity index (χ4v) is 3.33. The molecule has 0 saturated heterocycles. The minimum absolute atomic E-state index is 0.0450. The molecule has 3 rings (SSSR count). The van der Waals surface area contributed by atoms with E-state index in [0.717, 1.165) is 16.1 Å². The van der Waals surface area contributed by atoms with Gasteiger partial charge in [0.2, 0.25) is 0 Å².